The number of aliphatic imine (C=N–C) groups is 1. The first kappa shape index (κ1) is 24.2. The summed E-state index contributed by atoms with van der Waals surface area (Å²) in [6.45, 7) is 1.37. The highest BCUT2D eigenvalue weighted by molar-refractivity contribution is 14.0. The van der Waals surface area contributed by atoms with E-state index in [4.69, 9.17) is 4.74 Å². The first-order valence-electron chi connectivity index (χ1n) is 9.03. The summed E-state index contributed by atoms with van der Waals surface area (Å²) in [5, 5.41) is 6.65. The Kier molecular flexibility index (Phi) is 10.8. The van der Waals surface area contributed by atoms with Gasteiger partial charge in [-0.25, -0.2) is 4.39 Å². The molecule has 2 aromatic rings. The Morgan fingerprint density at radius 3 is 2.54 bits per heavy atom. The van der Waals surface area contributed by atoms with Crippen LogP contribution in [0.3, 0.4) is 0 Å². The molecule has 0 aliphatic heterocycles. The molecule has 0 bridgehead atoms. The van der Waals surface area contributed by atoms with Crippen LogP contribution < -0.4 is 15.4 Å². The van der Waals surface area contributed by atoms with Gasteiger partial charge in [-0.15, -0.1) is 24.0 Å². The molecule has 0 aliphatic rings. The second-order valence-corrected chi connectivity index (χ2v) is 6.52. The second kappa shape index (κ2) is 12.6. The van der Waals surface area contributed by atoms with Gasteiger partial charge in [0, 0.05) is 20.1 Å². The van der Waals surface area contributed by atoms with E-state index in [0.717, 1.165) is 23.7 Å². The van der Waals surface area contributed by atoms with Gasteiger partial charge in [-0.3, -0.25) is 4.99 Å². The SMILES string of the molecule is CN=C(NCCc1cccc(F)c1)NCC(c1cccc(OC)c1)N(C)C.I. The number of halogens is 2. The second-order valence-electron chi connectivity index (χ2n) is 6.52. The van der Waals surface area contributed by atoms with Gasteiger partial charge in [0.05, 0.1) is 13.2 Å². The lowest BCUT2D eigenvalue weighted by Crippen LogP contribution is -2.42. The predicted octanol–water partition coefficient (Wildman–Crippen LogP) is 3.46. The van der Waals surface area contributed by atoms with Crippen molar-refractivity contribution in [1.29, 1.82) is 0 Å². The lowest BCUT2D eigenvalue weighted by atomic mass is 10.1. The molecule has 2 N–H and O–H groups in total. The number of likely N-dealkylation sites (N-methyl/N-ethyl adjacent to an activating group) is 1. The van der Waals surface area contributed by atoms with Crippen molar-refractivity contribution >= 4 is 29.9 Å². The molecule has 0 saturated carbocycles. The lowest BCUT2D eigenvalue weighted by Gasteiger charge is -2.26. The van der Waals surface area contributed by atoms with Crippen molar-refractivity contribution in [3.8, 4) is 5.75 Å². The summed E-state index contributed by atoms with van der Waals surface area (Å²) in [7, 11) is 7.51. The molecule has 154 valence electrons. The highest BCUT2D eigenvalue weighted by atomic mass is 127. The molecule has 2 aromatic carbocycles. The minimum Gasteiger partial charge on any atom is -0.497 e. The fraction of sp³-hybridized carbons (Fsp3) is 0.381. The summed E-state index contributed by atoms with van der Waals surface area (Å²) in [6.07, 6.45) is 0.728. The van der Waals surface area contributed by atoms with Gasteiger partial charge in [-0.1, -0.05) is 24.3 Å². The normalized spacial score (nSPS) is 12.3. The maximum absolute atomic E-state index is 13.2. The smallest absolute Gasteiger partial charge is 0.191 e. The van der Waals surface area contributed by atoms with Gasteiger partial charge in [0.1, 0.15) is 11.6 Å². The molecule has 0 heterocycles. The Morgan fingerprint density at radius 1 is 1.14 bits per heavy atom. The van der Waals surface area contributed by atoms with Crippen molar-refractivity contribution in [2.45, 2.75) is 12.5 Å². The van der Waals surface area contributed by atoms with Crippen LogP contribution in [0, 0.1) is 5.82 Å². The molecule has 0 fully saturated rings. The molecule has 0 radical (unpaired) electrons. The van der Waals surface area contributed by atoms with Gasteiger partial charge in [0.2, 0.25) is 0 Å². The molecule has 0 spiro atoms. The summed E-state index contributed by atoms with van der Waals surface area (Å²) >= 11 is 0. The monoisotopic (exact) mass is 500 g/mol. The minimum absolute atomic E-state index is 0. The highest BCUT2D eigenvalue weighted by Gasteiger charge is 2.15. The van der Waals surface area contributed by atoms with Crippen molar-refractivity contribution in [3.05, 3.63) is 65.5 Å². The Hall–Kier alpha value is -1.87. The van der Waals surface area contributed by atoms with Gasteiger partial charge in [0.15, 0.2) is 5.96 Å². The van der Waals surface area contributed by atoms with Crippen molar-refractivity contribution in [2.24, 2.45) is 4.99 Å². The molecule has 28 heavy (non-hydrogen) atoms. The van der Waals surface area contributed by atoms with Gasteiger partial charge in [-0.2, -0.15) is 0 Å². The quantitative estimate of drug-likeness (QED) is 0.331. The molecule has 1 atom stereocenters. The highest BCUT2D eigenvalue weighted by Crippen LogP contribution is 2.22. The Bertz CT molecular complexity index is 755. The van der Waals surface area contributed by atoms with E-state index < -0.39 is 0 Å². The van der Waals surface area contributed by atoms with E-state index in [1.807, 2.05) is 38.4 Å². The van der Waals surface area contributed by atoms with Crippen LogP contribution in [-0.2, 0) is 6.42 Å². The number of hydrogen-bond donors (Lipinski definition) is 2. The minimum atomic E-state index is -0.206. The van der Waals surface area contributed by atoms with E-state index in [2.05, 4.69) is 26.6 Å². The third-order valence-corrected chi connectivity index (χ3v) is 4.38. The summed E-state index contributed by atoms with van der Waals surface area (Å²) in [5.74, 6) is 1.36. The summed E-state index contributed by atoms with van der Waals surface area (Å²) < 4.78 is 18.6. The molecule has 0 aliphatic carbocycles. The summed E-state index contributed by atoms with van der Waals surface area (Å²) in [4.78, 5) is 6.43. The molecule has 7 heteroatoms. The van der Waals surface area contributed by atoms with Crippen LogP contribution in [0.4, 0.5) is 4.39 Å². The van der Waals surface area contributed by atoms with Crippen LogP contribution in [0.25, 0.3) is 0 Å². The third kappa shape index (κ3) is 7.63. The Labute approximate surface area is 184 Å². The number of ether oxygens (including phenoxy) is 1. The molecule has 0 amide bonds. The maximum atomic E-state index is 13.2. The van der Waals surface area contributed by atoms with E-state index in [0.29, 0.717) is 13.1 Å². The first-order valence-corrected chi connectivity index (χ1v) is 9.03. The average Bonchev–Trinajstić information content (AvgIpc) is 2.66. The molecule has 2 rings (SSSR count). The van der Waals surface area contributed by atoms with Crippen LogP contribution in [0.5, 0.6) is 5.75 Å². The van der Waals surface area contributed by atoms with Gasteiger partial charge in [0.25, 0.3) is 0 Å². The van der Waals surface area contributed by atoms with Crippen LogP contribution in [0.2, 0.25) is 0 Å². The largest absolute Gasteiger partial charge is 0.497 e. The molecule has 0 saturated heterocycles. The Morgan fingerprint density at radius 2 is 1.89 bits per heavy atom. The van der Waals surface area contributed by atoms with Crippen LogP contribution in [0.1, 0.15) is 17.2 Å². The lowest BCUT2D eigenvalue weighted by molar-refractivity contribution is 0.297. The average molecular weight is 500 g/mol. The molecular formula is C21H30FIN4O. The molecule has 5 nitrogen and oxygen atoms in total. The van der Waals surface area contributed by atoms with Crippen LogP contribution in [0.15, 0.2) is 53.5 Å². The zero-order valence-electron chi connectivity index (χ0n) is 16.9. The van der Waals surface area contributed by atoms with Crippen molar-refractivity contribution in [1.82, 2.24) is 15.5 Å². The fourth-order valence-electron chi connectivity index (χ4n) is 2.88. The first-order chi connectivity index (χ1) is 13.0. The Balaban J connectivity index is 0.00000392. The predicted molar refractivity (Wildman–Crippen MR) is 124 cm³/mol. The molecular weight excluding hydrogens is 470 g/mol. The maximum Gasteiger partial charge on any atom is 0.191 e. The molecule has 0 aromatic heterocycles. The number of nitrogens with one attached hydrogen (secondary N) is 2. The summed E-state index contributed by atoms with van der Waals surface area (Å²) in [6, 6.07) is 14.9. The third-order valence-electron chi connectivity index (χ3n) is 4.38. The van der Waals surface area contributed by atoms with Crippen molar-refractivity contribution in [2.75, 3.05) is 41.3 Å². The van der Waals surface area contributed by atoms with Crippen molar-refractivity contribution in [3.63, 3.8) is 0 Å². The van der Waals surface area contributed by atoms with Gasteiger partial charge in [-0.05, 0) is 55.9 Å². The topological polar surface area (TPSA) is 48.9 Å². The number of guanidine groups is 1. The van der Waals surface area contributed by atoms with E-state index in [1.165, 1.54) is 11.6 Å². The van der Waals surface area contributed by atoms with Crippen molar-refractivity contribution < 1.29 is 9.13 Å². The van der Waals surface area contributed by atoms with E-state index in [-0.39, 0.29) is 35.8 Å². The number of rotatable bonds is 8. The van der Waals surface area contributed by atoms with Gasteiger partial charge >= 0.3 is 0 Å². The number of methoxy groups -OCH3 is 1. The van der Waals surface area contributed by atoms with E-state index in [9.17, 15) is 4.39 Å². The number of hydrogen-bond acceptors (Lipinski definition) is 3. The summed E-state index contributed by atoms with van der Waals surface area (Å²) in [5.41, 5.74) is 2.13. The van der Waals surface area contributed by atoms with Crippen LogP contribution >= 0.6 is 24.0 Å². The fourth-order valence-corrected chi connectivity index (χ4v) is 2.88. The zero-order valence-corrected chi connectivity index (χ0v) is 19.2. The number of benzene rings is 2. The molecule has 1 unspecified atom stereocenters. The zero-order chi connectivity index (χ0) is 19.6. The van der Waals surface area contributed by atoms with Crippen LogP contribution in [-0.4, -0.2) is 52.2 Å². The van der Waals surface area contributed by atoms with E-state index >= 15 is 0 Å². The van der Waals surface area contributed by atoms with E-state index in [1.54, 1.807) is 26.3 Å². The number of nitrogens with zero attached hydrogens (tertiary/aromatic N) is 2. The standard InChI is InChI=1S/C21H29FN4O.HI/c1-23-21(24-12-11-16-7-5-9-18(22)13-16)25-15-20(26(2)3)17-8-6-10-19(14-17)27-4;/h5-10,13-14,20H,11-12,15H2,1-4H3,(H2,23,24,25);1H. The van der Waals surface area contributed by atoms with Gasteiger partial charge < -0.3 is 20.3 Å².